The van der Waals surface area contributed by atoms with Gasteiger partial charge >= 0.3 is 0 Å². The molecule has 30 heavy (non-hydrogen) atoms. The van der Waals surface area contributed by atoms with E-state index in [-0.39, 0.29) is 5.91 Å². The molecular formula is C25H22N4O. The maximum absolute atomic E-state index is 12.6. The van der Waals surface area contributed by atoms with Crippen LogP contribution in [0, 0.1) is 6.92 Å². The molecule has 0 saturated carbocycles. The largest absolute Gasteiger partial charge is 0.348 e. The van der Waals surface area contributed by atoms with Crippen LogP contribution in [-0.4, -0.2) is 15.9 Å². The number of carbonyl (C=O) groups excluding carboxylic acids is 1. The first-order chi connectivity index (χ1) is 14.7. The first kappa shape index (κ1) is 19.3. The summed E-state index contributed by atoms with van der Waals surface area (Å²) in [5.41, 5.74) is 4.32. The molecule has 2 N–H and O–H groups in total. The fraction of sp³-hybridized carbons (Fsp3) is 0.0800. The molecule has 1 amide bonds. The van der Waals surface area contributed by atoms with Crippen LogP contribution in [0.2, 0.25) is 0 Å². The molecule has 0 radical (unpaired) electrons. The van der Waals surface area contributed by atoms with Crippen LogP contribution in [0.4, 0.5) is 11.5 Å². The van der Waals surface area contributed by atoms with Crippen molar-refractivity contribution < 1.29 is 4.79 Å². The van der Waals surface area contributed by atoms with Crippen molar-refractivity contribution in [1.82, 2.24) is 15.3 Å². The molecule has 0 fully saturated rings. The Bertz CT molecular complexity index is 1140. The third-order valence-electron chi connectivity index (χ3n) is 4.60. The highest BCUT2D eigenvalue weighted by atomic mass is 16.1. The van der Waals surface area contributed by atoms with E-state index in [0.29, 0.717) is 23.8 Å². The maximum Gasteiger partial charge on any atom is 0.251 e. The first-order valence-electron chi connectivity index (χ1n) is 9.78. The second-order valence-electron chi connectivity index (χ2n) is 6.93. The molecule has 0 atom stereocenters. The quantitative estimate of drug-likeness (QED) is 0.476. The fourth-order valence-electron chi connectivity index (χ4n) is 3.15. The van der Waals surface area contributed by atoms with Gasteiger partial charge in [-0.05, 0) is 30.7 Å². The Kier molecular flexibility index (Phi) is 5.80. The Hall–Kier alpha value is -3.99. The molecule has 4 aromatic rings. The summed E-state index contributed by atoms with van der Waals surface area (Å²) >= 11 is 0. The van der Waals surface area contributed by atoms with E-state index in [0.717, 1.165) is 22.5 Å². The van der Waals surface area contributed by atoms with Crippen LogP contribution in [-0.2, 0) is 6.54 Å². The van der Waals surface area contributed by atoms with Crippen LogP contribution in [0.1, 0.15) is 21.7 Å². The van der Waals surface area contributed by atoms with Gasteiger partial charge in [0, 0.05) is 29.4 Å². The monoisotopic (exact) mass is 394 g/mol. The van der Waals surface area contributed by atoms with Gasteiger partial charge in [-0.25, -0.2) is 9.97 Å². The van der Waals surface area contributed by atoms with E-state index >= 15 is 0 Å². The second kappa shape index (κ2) is 9.01. The number of carbonyl (C=O) groups is 1. The molecule has 4 rings (SSSR count). The number of hydrogen-bond acceptors (Lipinski definition) is 4. The van der Waals surface area contributed by atoms with Gasteiger partial charge in [0.25, 0.3) is 5.91 Å². The van der Waals surface area contributed by atoms with E-state index in [9.17, 15) is 4.79 Å². The number of anilines is 2. The van der Waals surface area contributed by atoms with Crippen LogP contribution in [0.5, 0.6) is 0 Å². The predicted octanol–water partition coefficient (Wildman–Crippen LogP) is 5.13. The van der Waals surface area contributed by atoms with Crippen molar-refractivity contribution in [2.45, 2.75) is 13.5 Å². The van der Waals surface area contributed by atoms with Gasteiger partial charge in [0.05, 0.1) is 5.69 Å². The van der Waals surface area contributed by atoms with Crippen LogP contribution < -0.4 is 10.6 Å². The van der Waals surface area contributed by atoms with Gasteiger partial charge in [0.2, 0.25) is 0 Å². The zero-order chi connectivity index (χ0) is 20.8. The van der Waals surface area contributed by atoms with E-state index in [1.807, 2.05) is 91.9 Å². The molecule has 0 unspecified atom stereocenters. The van der Waals surface area contributed by atoms with E-state index < -0.39 is 0 Å². The lowest BCUT2D eigenvalue weighted by molar-refractivity contribution is 0.0951. The molecule has 0 saturated heterocycles. The van der Waals surface area contributed by atoms with Gasteiger partial charge in [-0.2, -0.15) is 0 Å². The van der Waals surface area contributed by atoms with E-state index in [2.05, 4.69) is 20.6 Å². The van der Waals surface area contributed by atoms with E-state index in [1.54, 1.807) is 6.07 Å². The average Bonchev–Trinajstić information content (AvgIpc) is 2.78. The number of amides is 1. The summed E-state index contributed by atoms with van der Waals surface area (Å²) in [5.74, 6) is 1.24. The molecule has 0 bridgehead atoms. The topological polar surface area (TPSA) is 66.9 Å². The molecule has 5 nitrogen and oxygen atoms in total. The minimum Gasteiger partial charge on any atom is -0.348 e. The number of nitrogens with one attached hydrogen (secondary N) is 2. The zero-order valence-electron chi connectivity index (χ0n) is 16.7. The van der Waals surface area contributed by atoms with Gasteiger partial charge < -0.3 is 10.6 Å². The van der Waals surface area contributed by atoms with Gasteiger partial charge in [0.15, 0.2) is 0 Å². The van der Waals surface area contributed by atoms with Crippen molar-refractivity contribution in [3.05, 3.63) is 108 Å². The van der Waals surface area contributed by atoms with Gasteiger partial charge in [-0.15, -0.1) is 0 Å². The summed E-state index contributed by atoms with van der Waals surface area (Å²) < 4.78 is 0. The van der Waals surface area contributed by atoms with Crippen molar-refractivity contribution in [1.29, 1.82) is 0 Å². The SMILES string of the molecule is Cc1nc(Nc2cccc(C(=O)NCc3ccccc3)c2)cc(-c2ccccc2)n1. The van der Waals surface area contributed by atoms with Crippen molar-refractivity contribution >= 4 is 17.4 Å². The Morgan fingerprint density at radius 1 is 0.833 bits per heavy atom. The molecule has 148 valence electrons. The van der Waals surface area contributed by atoms with Gasteiger partial charge in [-0.3, -0.25) is 4.79 Å². The first-order valence-corrected chi connectivity index (χ1v) is 9.78. The highest BCUT2D eigenvalue weighted by Crippen LogP contribution is 2.22. The fourth-order valence-corrected chi connectivity index (χ4v) is 3.15. The normalized spacial score (nSPS) is 10.4. The number of aromatic nitrogens is 2. The van der Waals surface area contributed by atoms with Gasteiger partial charge in [-0.1, -0.05) is 66.7 Å². The smallest absolute Gasteiger partial charge is 0.251 e. The van der Waals surface area contributed by atoms with Crippen molar-refractivity contribution in [2.24, 2.45) is 0 Å². The van der Waals surface area contributed by atoms with Crippen LogP contribution >= 0.6 is 0 Å². The van der Waals surface area contributed by atoms with Crippen LogP contribution in [0.25, 0.3) is 11.3 Å². The van der Waals surface area contributed by atoms with Gasteiger partial charge in [0.1, 0.15) is 11.6 Å². The Morgan fingerprint density at radius 2 is 1.57 bits per heavy atom. The van der Waals surface area contributed by atoms with Crippen molar-refractivity contribution in [2.75, 3.05) is 5.32 Å². The van der Waals surface area contributed by atoms with E-state index in [1.165, 1.54) is 0 Å². The number of aryl methyl sites for hydroxylation is 1. The average molecular weight is 394 g/mol. The van der Waals surface area contributed by atoms with Crippen molar-refractivity contribution in [3.8, 4) is 11.3 Å². The lowest BCUT2D eigenvalue weighted by Crippen LogP contribution is -2.22. The summed E-state index contributed by atoms with van der Waals surface area (Å²) in [7, 11) is 0. The summed E-state index contributed by atoms with van der Waals surface area (Å²) in [6.45, 7) is 2.36. The second-order valence-corrected chi connectivity index (χ2v) is 6.93. The van der Waals surface area contributed by atoms with Crippen LogP contribution in [0.15, 0.2) is 91.0 Å². The highest BCUT2D eigenvalue weighted by Gasteiger charge is 2.08. The van der Waals surface area contributed by atoms with Crippen molar-refractivity contribution in [3.63, 3.8) is 0 Å². The predicted molar refractivity (Wildman–Crippen MR) is 120 cm³/mol. The third-order valence-corrected chi connectivity index (χ3v) is 4.60. The zero-order valence-corrected chi connectivity index (χ0v) is 16.7. The number of hydrogen-bond donors (Lipinski definition) is 2. The van der Waals surface area contributed by atoms with Crippen LogP contribution in [0.3, 0.4) is 0 Å². The number of benzene rings is 3. The molecule has 5 heteroatoms. The number of nitrogens with zero attached hydrogens (tertiary/aromatic N) is 2. The standard InChI is InChI=1S/C25H22N4O/c1-18-27-23(20-11-6-3-7-12-20)16-24(28-18)29-22-14-8-13-21(15-22)25(30)26-17-19-9-4-2-5-10-19/h2-16H,17H2,1H3,(H,26,30)(H,27,28,29). The molecule has 0 aliphatic rings. The Balaban J connectivity index is 1.49. The molecule has 0 aliphatic carbocycles. The summed E-state index contributed by atoms with van der Waals surface area (Å²) in [5, 5.41) is 6.25. The number of rotatable bonds is 6. The minimum atomic E-state index is -0.119. The molecule has 0 aliphatic heterocycles. The molecule has 3 aromatic carbocycles. The summed E-state index contributed by atoms with van der Waals surface area (Å²) in [4.78, 5) is 21.6. The van der Waals surface area contributed by atoms with E-state index in [4.69, 9.17) is 0 Å². The summed E-state index contributed by atoms with van der Waals surface area (Å²) in [6.07, 6.45) is 0. The highest BCUT2D eigenvalue weighted by molar-refractivity contribution is 5.95. The molecular weight excluding hydrogens is 372 g/mol. The third kappa shape index (κ3) is 4.89. The molecule has 0 spiro atoms. The molecule has 1 heterocycles. The Labute approximate surface area is 175 Å². The lowest BCUT2D eigenvalue weighted by Gasteiger charge is -2.11. The minimum absolute atomic E-state index is 0.119. The maximum atomic E-state index is 12.6. The summed E-state index contributed by atoms with van der Waals surface area (Å²) in [6, 6.07) is 29.1. The Morgan fingerprint density at radius 3 is 2.33 bits per heavy atom. The lowest BCUT2D eigenvalue weighted by atomic mass is 10.1. The molecule has 1 aromatic heterocycles.